The summed E-state index contributed by atoms with van der Waals surface area (Å²) in [4.78, 5) is 25.6. The fraction of sp³-hybridized carbons (Fsp3) is 0.154. The van der Waals surface area contributed by atoms with Gasteiger partial charge in [-0.05, 0) is 74.4 Å². The van der Waals surface area contributed by atoms with Crippen molar-refractivity contribution in [1.82, 2.24) is 0 Å². The number of carbonyl (C=O) groups excluding carboxylic acids is 2. The molecule has 31 heavy (non-hydrogen) atoms. The van der Waals surface area contributed by atoms with E-state index >= 15 is 0 Å². The molecule has 0 fully saturated rings. The van der Waals surface area contributed by atoms with Crippen LogP contribution in [-0.4, -0.2) is 17.5 Å². The highest BCUT2D eigenvalue weighted by Crippen LogP contribution is 2.30. The van der Waals surface area contributed by atoms with Crippen molar-refractivity contribution >= 4 is 28.5 Å². The van der Waals surface area contributed by atoms with Crippen molar-refractivity contribution in [1.29, 1.82) is 0 Å². The number of rotatable bonds is 4. The highest BCUT2D eigenvalue weighted by molar-refractivity contribution is 6.08. The minimum atomic E-state index is -0.650. The van der Waals surface area contributed by atoms with Gasteiger partial charge in [0.05, 0.1) is 17.5 Å². The Hall–Kier alpha value is -3.86. The van der Waals surface area contributed by atoms with E-state index in [2.05, 4.69) is 5.32 Å². The Balaban J connectivity index is 1.74. The molecule has 1 N–H and O–H groups in total. The molecule has 3 aromatic carbocycles. The van der Waals surface area contributed by atoms with Gasteiger partial charge in [0.25, 0.3) is 5.91 Å². The van der Waals surface area contributed by atoms with Gasteiger partial charge in [0, 0.05) is 10.9 Å². The van der Waals surface area contributed by atoms with E-state index in [1.807, 2.05) is 57.2 Å². The zero-order valence-electron chi connectivity index (χ0n) is 17.6. The van der Waals surface area contributed by atoms with Crippen LogP contribution in [0.2, 0.25) is 0 Å². The van der Waals surface area contributed by atoms with Crippen LogP contribution in [0.5, 0.6) is 0 Å². The molecular weight excluding hydrogens is 390 g/mol. The first-order valence-corrected chi connectivity index (χ1v) is 10.0. The maximum Gasteiger partial charge on any atom is 0.340 e. The lowest BCUT2D eigenvalue weighted by Gasteiger charge is -2.21. The summed E-state index contributed by atoms with van der Waals surface area (Å²) in [6.45, 7) is 5.42. The zero-order chi connectivity index (χ0) is 22.0. The quantitative estimate of drug-likeness (QED) is 0.398. The second-order valence-electron chi connectivity index (χ2n) is 8.26. The van der Waals surface area contributed by atoms with E-state index < -0.39 is 11.6 Å². The standard InChI is InChI=1S/C26H23NO4/c1-26(2,3)31-25(29)21-11-9-19(18-10-12-23-20(15-18)13-14-30-23)16-22(21)27-24(28)17-7-5-4-6-8-17/h4-16H,1-3H3,(H,27,28). The molecule has 0 bridgehead atoms. The van der Waals surface area contributed by atoms with Gasteiger partial charge in [-0.15, -0.1) is 0 Å². The van der Waals surface area contributed by atoms with Crippen LogP contribution >= 0.6 is 0 Å². The number of benzene rings is 3. The molecule has 0 radical (unpaired) electrons. The maximum atomic E-state index is 12.8. The number of carbonyl (C=O) groups is 2. The van der Waals surface area contributed by atoms with Crippen LogP contribution in [0.3, 0.4) is 0 Å². The normalized spacial score (nSPS) is 11.3. The Morgan fingerprint density at radius 1 is 0.871 bits per heavy atom. The Morgan fingerprint density at radius 2 is 1.58 bits per heavy atom. The summed E-state index contributed by atoms with van der Waals surface area (Å²) in [5.74, 6) is -0.791. The molecule has 4 rings (SSSR count). The minimum absolute atomic E-state index is 0.298. The number of furan rings is 1. The predicted molar refractivity (Wildman–Crippen MR) is 121 cm³/mol. The third-order valence-electron chi connectivity index (χ3n) is 4.71. The van der Waals surface area contributed by atoms with E-state index in [0.717, 1.165) is 22.1 Å². The van der Waals surface area contributed by atoms with E-state index in [4.69, 9.17) is 9.15 Å². The molecule has 5 heteroatoms. The van der Waals surface area contributed by atoms with Crippen molar-refractivity contribution in [2.75, 3.05) is 5.32 Å². The number of nitrogens with one attached hydrogen (secondary N) is 1. The first-order chi connectivity index (χ1) is 14.8. The molecule has 0 aliphatic carbocycles. The van der Waals surface area contributed by atoms with E-state index in [1.54, 1.807) is 42.7 Å². The summed E-state index contributed by atoms with van der Waals surface area (Å²) in [6, 6.07) is 21.9. The van der Waals surface area contributed by atoms with Gasteiger partial charge in [-0.3, -0.25) is 4.79 Å². The van der Waals surface area contributed by atoms with Gasteiger partial charge < -0.3 is 14.5 Å². The zero-order valence-corrected chi connectivity index (χ0v) is 17.6. The molecule has 0 aliphatic heterocycles. The van der Waals surface area contributed by atoms with Gasteiger partial charge in [-0.2, -0.15) is 0 Å². The molecule has 1 amide bonds. The fourth-order valence-electron chi connectivity index (χ4n) is 3.27. The lowest BCUT2D eigenvalue weighted by molar-refractivity contribution is 0.00708. The third kappa shape index (κ3) is 4.67. The Bertz CT molecular complexity index is 1250. The summed E-state index contributed by atoms with van der Waals surface area (Å²) in [5.41, 5.74) is 3.15. The molecule has 0 aliphatic rings. The summed E-state index contributed by atoms with van der Waals surface area (Å²) in [6.07, 6.45) is 1.64. The molecule has 1 aromatic heterocycles. The number of esters is 1. The van der Waals surface area contributed by atoms with Crippen LogP contribution in [0.25, 0.3) is 22.1 Å². The summed E-state index contributed by atoms with van der Waals surface area (Å²) in [7, 11) is 0. The topological polar surface area (TPSA) is 68.5 Å². The molecule has 5 nitrogen and oxygen atoms in total. The lowest BCUT2D eigenvalue weighted by Crippen LogP contribution is -2.25. The Labute approximate surface area is 180 Å². The largest absolute Gasteiger partial charge is 0.464 e. The molecule has 0 spiro atoms. The lowest BCUT2D eigenvalue weighted by atomic mass is 10.0. The van der Waals surface area contributed by atoms with Crippen LogP contribution in [-0.2, 0) is 4.74 Å². The van der Waals surface area contributed by atoms with Gasteiger partial charge >= 0.3 is 5.97 Å². The van der Waals surface area contributed by atoms with Crippen LogP contribution < -0.4 is 5.32 Å². The van der Waals surface area contributed by atoms with Crippen LogP contribution in [0, 0.1) is 0 Å². The smallest absolute Gasteiger partial charge is 0.340 e. The predicted octanol–water partition coefficient (Wildman–Crippen LogP) is 6.31. The van der Waals surface area contributed by atoms with Crippen LogP contribution in [0.15, 0.2) is 83.5 Å². The summed E-state index contributed by atoms with van der Waals surface area (Å²) in [5, 5.41) is 3.85. The van der Waals surface area contributed by atoms with Crippen LogP contribution in [0.1, 0.15) is 41.5 Å². The molecule has 0 saturated heterocycles. The van der Waals surface area contributed by atoms with Crippen molar-refractivity contribution in [3.63, 3.8) is 0 Å². The highest BCUT2D eigenvalue weighted by atomic mass is 16.6. The molecule has 0 unspecified atom stereocenters. The van der Waals surface area contributed by atoms with Crippen molar-refractivity contribution in [3.05, 3.63) is 90.2 Å². The summed E-state index contributed by atoms with van der Waals surface area (Å²) >= 11 is 0. The van der Waals surface area contributed by atoms with E-state index in [-0.39, 0.29) is 5.91 Å². The molecular formula is C26H23NO4. The van der Waals surface area contributed by atoms with E-state index in [0.29, 0.717) is 16.8 Å². The van der Waals surface area contributed by atoms with E-state index in [1.165, 1.54) is 0 Å². The number of hydrogen-bond acceptors (Lipinski definition) is 4. The molecule has 1 heterocycles. The fourth-order valence-corrected chi connectivity index (χ4v) is 3.27. The molecule has 156 valence electrons. The molecule has 4 aromatic rings. The number of anilines is 1. The van der Waals surface area contributed by atoms with Crippen molar-refractivity contribution in [3.8, 4) is 11.1 Å². The Morgan fingerprint density at radius 3 is 2.32 bits per heavy atom. The first kappa shape index (κ1) is 20.4. The minimum Gasteiger partial charge on any atom is -0.464 e. The number of fused-ring (bicyclic) bond motifs is 1. The number of amides is 1. The monoisotopic (exact) mass is 413 g/mol. The van der Waals surface area contributed by atoms with Gasteiger partial charge in [-0.25, -0.2) is 4.79 Å². The second-order valence-corrected chi connectivity index (χ2v) is 8.26. The second kappa shape index (κ2) is 8.11. The molecule has 0 saturated carbocycles. The molecule has 0 atom stereocenters. The first-order valence-electron chi connectivity index (χ1n) is 10.0. The Kier molecular flexibility index (Phi) is 5.34. The van der Waals surface area contributed by atoms with Crippen molar-refractivity contribution < 1.29 is 18.7 Å². The summed E-state index contributed by atoms with van der Waals surface area (Å²) < 4.78 is 11.0. The van der Waals surface area contributed by atoms with Gasteiger partial charge in [-0.1, -0.05) is 30.3 Å². The average Bonchev–Trinajstić information content (AvgIpc) is 3.21. The maximum absolute atomic E-state index is 12.8. The third-order valence-corrected chi connectivity index (χ3v) is 4.71. The van der Waals surface area contributed by atoms with Crippen molar-refractivity contribution in [2.24, 2.45) is 0 Å². The number of hydrogen-bond donors (Lipinski definition) is 1. The SMILES string of the molecule is CC(C)(C)OC(=O)c1ccc(-c2ccc3occc3c2)cc1NC(=O)c1ccccc1. The average molecular weight is 413 g/mol. The van der Waals surface area contributed by atoms with Gasteiger partial charge in [0.15, 0.2) is 0 Å². The van der Waals surface area contributed by atoms with Crippen molar-refractivity contribution in [2.45, 2.75) is 26.4 Å². The van der Waals surface area contributed by atoms with E-state index in [9.17, 15) is 9.59 Å². The number of ether oxygens (including phenoxy) is 1. The van der Waals surface area contributed by atoms with Crippen LogP contribution in [0.4, 0.5) is 5.69 Å². The van der Waals surface area contributed by atoms with Gasteiger partial charge in [0.2, 0.25) is 0 Å². The highest BCUT2D eigenvalue weighted by Gasteiger charge is 2.22. The van der Waals surface area contributed by atoms with Gasteiger partial charge in [0.1, 0.15) is 11.2 Å².